The van der Waals surface area contributed by atoms with E-state index in [1.165, 1.54) is 19.3 Å². The predicted molar refractivity (Wildman–Crippen MR) is 100 cm³/mol. The van der Waals surface area contributed by atoms with E-state index < -0.39 is 0 Å². The standard InChI is InChI=1S/C16H26N4O.2ClH/c1-2-8-17-10-11-19-16(21)14-7-6-9-18-15(14)20-12-4-3-5-13-20;;/h6-7,9,17H,2-5,8,10-13H2,1H3,(H,19,21);2*1H. The molecule has 0 aromatic carbocycles. The van der Waals surface area contributed by atoms with Gasteiger partial charge in [0, 0.05) is 32.4 Å². The molecule has 2 N–H and O–H groups in total. The maximum Gasteiger partial charge on any atom is 0.255 e. The molecule has 2 rings (SSSR count). The minimum Gasteiger partial charge on any atom is -0.356 e. The second-order valence-electron chi connectivity index (χ2n) is 5.43. The van der Waals surface area contributed by atoms with Gasteiger partial charge in [-0.05, 0) is 44.4 Å². The monoisotopic (exact) mass is 362 g/mol. The van der Waals surface area contributed by atoms with Crippen molar-refractivity contribution in [3.63, 3.8) is 0 Å². The van der Waals surface area contributed by atoms with Gasteiger partial charge in [-0.3, -0.25) is 4.79 Å². The average molecular weight is 363 g/mol. The SMILES string of the molecule is CCCNCCNC(=O)c1cccnc1N1CCCCC1.Cl.Cl. The van der Waals surface area contributed by atoms with E-state index in [-0.39, 0.29) is 30.7 Å². The second kappa shape index (κ2) is 12.4. The molecule has 0 radical (unpaired) electrons. The Morgan fingerprint density at radius 2 is 1.91 bits per heavy atom. The summed E-state index contributed by atoms with van der Waals surface area (Å²) in [5.74, 6) is 0.804. The number of nitrogens with zero attached hydrogens (tertiary/aromatic N) is 2. The summed E-state index contributed by atoms with van der Waals surface area (Å²) in [6.45, 7) is 6.56. The number of carbonyl (C=O) groups is 1. The molecule has 132 valence electrons. The Labute approximate surface area is 151 Å². The number of hydrogen-bond donors (Lipinski definition) is 2. The smallest absolute Gasteiger partial charge is 0.255 e. The van der Waals surface area contributed by atoms with Crippen LogP contribution in [-0.2, 0) is 0 Å². The van der Waals surface area contributed by atoms with Crippen molar-refractivity contribution < 1.29 is 4.79 Å². The van der Waals surface area contributed by atoms with Crippen molar-refractivity contribution in [1.29, 1.82) is 0 Å². The first-order valence-electron chi connectivity index (χ1n) is 8.02. The summed E-state index contributed by atoms with van der Waals surface area (Å²) in [6.07, 6.45) is 6.50. The first-order valence-corrected chi connectivity index (χ1v) is 8.02. The van der Waals surface area contributed by atoms with Crippen molar-refractivity contribution in [2.24, 2.45) is 0 Å². The van der Waals surface area contributed by atoms with Gasteiger partial charge < -0.3 is 15.5 Å². The number of nitrogens with one attached hydrogen (secondary N) is 2. The van der Waals surface area contributed by atoms with E-state index in [1.54, 1.807) is 6.20 Å². The van der Waals surface area contributed by atoms with Gasteiger partial charge in [-0.25, -0.2) is 4.98 Å². The molecule has 0 saturated carbocycles. The van der Waals surface area contributed by atoms with Crippen LogP contribution in [0.2, 0.25) is 0 Å². The molecular formula is C16H28Cl2N4O. The van der Waals surface area contributed by atoms with Crippen LogP contribution in [0.25, 0.3) is 0 Å². The summed E-state index contributed by atoms with van der Waals surface area (Å²) >= 11 is 0. The predicted octanol–water partition coefficient (Wildman–Crippen LogP) is 2.64. The van der Waals surface area contributed by atoms with Crippen LogP contribution in [0.1, 0.15) is 43.0 Å². The molecule has 0 bridgehead atoms. The first-order chi connectivity index (χ1) is 10.3. The lowest BCUT2D eigenvalue weighted by atomic mass is 10.1. The zero-order chi connectivity index (χ0) is 14.9. The number of anilines is 1. The molecule has 0 aliphatic carbocycles. The molecule has 7 heteroatoms. The quantitative estimate of drug-likeness (QED) is 0.732. The van der Waals surface area contributed by atoms with E-state index in [4.69, 9.17) is 0 Å². The van der Waals surface area contributed by atoms with Crippen LogP contribution in [-0.4, -0.2) is 43.6 Å². The molecule has 1 aromatic heterocycles. The van der Waals surface area contributed by atoms with Gasteiger partial charge in [0.2, 0.25) is 0 Å². The molecule has 1 aliphatic rings. The van der Waals surface area contributed by atoms with E-state index in [2.05, 4.69) is 27.4 Å². The number of hydrogen-bond acceptors (Lipinski definition) is 4. The summed E-state index contributed by atoms with van der Waals surface area (Å²) in [5, 5.41) is 6.25. The molecule has 0 spiro atoms. The summed E-state index contributed by atoms with van der Waals surface area (Å²) in [4.78, 5) is 19.0. The summed E-state index contributed by atoms with van der Waals surface area (Å²) in [6, 6.07) is 3.70. The van der Waals surface area contributed by atoms with Gasteiger partial charge >= 0.3 is 0 Å². The number of carbonyl (C=O) groups excluding carboxylic acids is 1. The molecule has 1 saturated heterocycles. The number of amides is 1. The van der Waals surface area contributed by atoms with Gasteiger partial charge in [0.05, 0.1) is 5.56 Å². The minimum atomic E-state index is -0.0260. The second-order valence-corrected chi connectivity index (χ2v) is 5.43. The Bertz CT molecular complexity index is 453. The highest BCUT2D eigenvalue weighted by molar-refractivity contribution is 5.98. The number of rotatable bonds is 7. The lowest BCUT2D eigenvalue weighted by Gasteiger charge is -2.29. The molecule has 1 amide bonds. The van der Waals surface area contributed by atoms with Crippen LogP contribution in [0, 0.1) is 0 Å². The van der Waals surface area contributed by atoms with Crippen LogP contribution in [0.3, 0.4) is 0 Å². The fourth-order valence-corrected chi connectivity index (χ4v) is 2.59. The van der Waals surface area contributed by atoms with Crippen LogP contribution in [0.5, 0.6) is 0 Å². The van der Waals surface area contributed by atoms with Gasteiger partial charge in [0.25, 0.3) is 5.91 Å². The van der Waals surface area contributed by atoms with Crippen molar-refractivity contribution in [2.45, 2.75) is 32.6 Å². The number of piperidine rings is 1. The molecular weight excluding hydrogens is 335 g/mol. The molecule has 23 heavy (non-hydrogen) atoms. The molecule has 0 unspecified atom stereocenters. The van der Waals surface area contributed by atoms with Crippen molar-refractivity contribution in [3.8, 4) is 0 Å². The van der Waals surface area contributed by atoms with E-state index in [9.17, 15) is 4.79 Å². The van der Waals surface area contributed by atoms with Crippen molar-refractivity contribution in [1.82, 2.24) is 15.6 Å². The van der Waals surface area contributed by atoms with Gasteiger partial charge in [-0.2, -0.15) is 0 Å². The Morgan fingerprint density at radius 3 is 2.61 bits per heavy atom. The Kier molecular flexibility index (Phi) is 11.8. The van der Waals surface area contributed by atoms with Crippen molar-refractivity contribution in [2.75, 3.05) is 37.6 Å². The topological polar surface area (TPSA) is 57.3 Å². The molecule has 1 aromatic rings. The molecule has 2 heterocycles. The molecule has 5 nitrogen and oxygen atoms in total. The highest BCUT2D eigenvalue weighted by atomic mass is 35.5. The van der Waals surface area contributed by atoms with Crippen LogP contribution < -0.4 is 15.5 Å². The van der Waals surface area contributed by atoms with Crippen LogP contribution >= 0.6 is 24.8 Å². The Morgan fingerprint density at radius 1 is 1.17 bits per heavy atom. The number of aromatic nitrogens is 1. The lowest BCUT2D eigenvalue weighted by molar-refractivity contribution is 0.0954. The van der Waals surface area contributed by atoms with Crippen molar-refractivity contribution in [3.05, 3.63) is 23.9 Å². The van der Waals surface area contributed by atoms with E-state index >= 15 is 0 Å². The summed E-state index contributed by atoms with van der Waals surface area (Å²) < 4.78 is 0. The molecule has 1 aliphatic heterocycles. The first kappa shape index (κ1) is 22.0. The molecule has 0 atom stereocenters. The third kappa shape index (κ3) is 6.94. The number of halogens is 2. The molecule has 1 fully saturated rings. The lowest BCUT2D eigenvalue weighted by Crippen LogP contribution is -2.35. The van der Waals surface area contributed by atoms with Gasteiger partial charge in [-0.1, -0.05) is 6.92 Å². The van der Waals surface area contributed by atoms with E-state index in [0.717, 1.165) is 38.4 Å². The normalized spacial score (nSPS) is 13.7. The van der Waals surface area contributed by atoms with Crippen LogP contribution in [0.15, 0.2) is 18.3 Å². The highest BCUT2D eigenvalue weighted by Gasteiger charge is 2.19. The summed E-state index contributed by atoms with van der Waals surface area (Å²) in [7, 11) is 0. The zero-order valence-electron chi connectivity index (χ0n) is 13.7. The Hall–Kier alpha value is -1.04. The van der Waals surface area contributed by atoms with E-state index in [0.29, 0.717) is 12.1 Å². The maximum atomic E-state index is 12.3. The maximum absolute atomic E-state index is 12.3. The average Bonchev–Trinajstić information content (AvgIpc) is 2.55. The van der Waals surface area contributed by atoms with Gasteiger partial charge in [0.1, 0.15) is 5.82 Å². The van der Waals surface area contributed by atoms with Gasteiger partial charge in [0.15, 0.2) is 0 Å². The third-order valence-electron chi connectivity index (χ3n) is 3.70. The fraction of sp³-hybridized carbons (Fsp3) is 0.625. The number of pyridine rings is 1. The third-order valence-corrected chi connectivity index (χ3v) is 3.70. The summed E-state index contributed by atoms with van der Waals surface area (Å²) in [5.41, 5.74) is 0.690. The van der Waals surface area contributed by atoms with E-state index in [1.807, 2.05) is 12.1 Å². The van der Waals surface area contributed by atoms with Crippen molar-refractivity contribution >= 4 is 36.5 Å². The Balaban J connectivity index is 0.00000242. The minimum absolute atomic E-state index is 0. The fourth-order valence-electron chi connectivity index (χ4n) is 2.59. The zero-order valence-corrected chi connectivity index (χ0v) is 15.3. The van der Waals surface area contributed by atoms with Crippen LogP contribution in [0.4, 0.5) is 5.82 Å². The largest absolute Gasteiger partial charge is 0.356 e. The van der Waals surface area contributed by atoms with Gasteiger partial charge in [-0.15, -0.1) is 24.8 Å². The highest BCUT2D eigenvalue weighted by Crippen LogP contribution is 2.21.